The second-order valence-electron chi connectivity index (χ2n) is 19.2. The Kier molecular flexibility index (Phi) is 14.7. The van der Waals surface area contributed by atoms with E-state index in [-0.39, 0.29) is 62.7 Å². The quantitative estimate of drug-likeness (QED) is 0.179. The van der Waals surface area contributed by atoms with Gasteiger partial charge in [-0.2, -0.15) is 6.08 Å². The number of rotatable bonds is 4. The zero-order chi connectivity index (χ0) is 44.2. The number of allylic oxidation sites excluding steroid dienone is 16. The topological polar surface area (TPSA) is 0 Å². The first-order chi connectivity index (χ1) is 29.5. The minimum atomic E-state index is 0. The predicted octanol–water partition coefficient (Wildman–Crippen LogP) is 10.4. The van der Waals surface area contributed by atoms with Gasteiger partial charge in [0.2, 0.25) is 0 Å². The Labute approximate surface area is 421 Å². The SMILES string of the molecule is CC1=CC=CC2[CH-]C3(C)C4(C)C=CC=CC4(C)C4(C)C=CC=CC4(C)C3(C)C12C.Clc1ccc(-c2ccc([C](=[Zr+2])c3ccc(-c4ccc(Cl)cc4)cc3)cc2)cc1.[C-]1=CC=CC1.[Cl-].[Cl-]. The molecule has 2 fully saturated rings. The molecule has 328 valence electrons. The molecule has 0 aromatic heterocycles. The molecule has 0 aliphatic heterocycles. The second kappa shape index (κ2) is 18.8. The number of fused-ring (bicyclic) bond motifs is 8. The minimum Gasteiger partial charge on any atom is -1.00 e. The summed E-state index contributed by atoms with van der Waals surface area (Å²) in [4.78, 5) is 0. The summed E-state index contributed by atoms with van der Waals surface area (Å²) < 4.78 is 1.34. The summed E-state index contributed by atoms with van der Waals surface area (Å²) >= 11 is 13.4. The molecule has 64 heavy (non-hydrogen) atoms. The number of halogens is 4. The van der Waals surface area contributed by atoms with Crippen LogP contribution >= 0.6 is 23.2 Å². The van der Waals surface area contributed by atoms with Crippen LogP contribution in [0.2, 0.25) is 10.0 Å². The van der Waals surface area contributed by atoms with Crippen molar-refractivity contribution >= 4 is 26.4 Å². The van der Waals surface area contributed by atoms with E-state index < -0.39 is 0 Å². The van der Waals surface area contributed by atoms with Gasteiger partial charge in [0.15, 0.2) is 0 Å². The van der Waals surface area contributed by atoms with E-state index in [1.165, 1.54) is 66.4 Å². The van der Waals surface area contributed by atoms with Crippen LogP contribution in [-0.2, 0) is 24.2 Å². The summed E-state index contributed by atoms with van der Waals surface area (Å²) in [6, 6.07) is 33.4. The number of hydrogen-bond acceptors (Lipinski definition) is 0. The van der Waals surface area contributed by atoms with E-state index in [1.54, 1.807) is 0 Å². The molecule has 4 aromatic rings. The summed E-state index contributed by atoms with van der Waals surface area (Å²) in [5, 5.41) is 1.52. The molecule has 5 heteroatoms. The summed E-state index contributed by atoms with van der Waals surface area (Å²) in [5.74, 6) is 0.460. The maximum atomic E-state index is 5.98. The van der Waals surface area contributed by atoms with E-state index in [0.717, 1.165) is 16.5 Å². The average Bonchev–Trinajstić information content (AvgIpc) is 3.93. The van der Waals surface area contributed by atoms with Crippen LogP contribution in [0, 0.1) is 56.3 Å². The van der Waals surface area contributed by atoms with Crippen LogP contribution in [0.4, 0.5) is 0 Å². The first-order valence-electron chi connectivity index (χ1n) is 22.0. The van der Waals surface area contributed by atoms with Crippen molar-refractivity contribution in [3.63, 3.8) is 0 Å². The molecule has 2 saturated carbocycles. The summed E-state index contributed by atoms with van der Waals surface area (Å²) in [6.07, 6.45) is 39.3. The van der Waals surface area contributed by atoms with Crippen molar-refractivity contribution in [2.75, 3.05) is 0 Å². The molecule has 0 N–H and O–H groups in total. The van der Waals surface area contributed by atoms with Crippen molar-refractivity contribution < 1.29 is 49.0 Å². The van der Waals surface area contributed by atoms with Gasteiger partial charge in [-0.1, -0.05) is 115 Å². The Bertz CT molecular complexity index is 2510. The van der Waals surface area contributed by atoms with Crippen molar-refractivity contribution in [3.05, 3.63) is 221 Å². The Hall–Kier alpha value is -3.29. The van der Waals surface area contributed by atoms with Crippen LogP contribution < -0.4 is 24.8 Å². The molecule has 0 amide bonds. The van der Waals surface area contributed by atoms with Gasteiger partial charge >= 0.3 is 191 Å². The maximum Gasteiger partial charge on any atom is -0.109 e. The third-order valence-electron chi connectivity index (χ3n) is 17.3. The number of benzene rings is 4. The molecule has 6 aliphatic carbocycles. The Morgan fingerprint density at radius 1 is 0.562 bits per heavy atom. The third-order valence-corrected chi connectivity index (χ3v) is 19.2. The molecule has 0 saturated heterocycles. The largest absolute Gasteiger partial charge is 1.00 e. The van der Waals surface area contributed by atoms with Crippen molar-refractivity contribution in [2.24, 2.45) is 43.8 Å². The fraction of sp³-hybridized carbons (Fsp3) is 0.288. The van der Waals surface area contributed by atoms with Crippen LogP contribution in [0.3, 0.4) is 0 Å². The van der Waals surface area contributed by atoms with Crippen LogP contribution in [0.1, 0.15) is 72.9 Å². The Morgan fingerprint density at radius 2 is 0.969 bits per heavy atom. The van der Waals surface area contributed by atoms with Gasteiger partial charge in [-0.25, -0.2) is 12.2 Å². The van der Waals surface area contributed by atoms with Crippen LogP contribution in [-0.4, -0.2) is 3.21 Å². The van der Waals surface area contributed by atoms with Crippen LogP contribution in [0.5, 0.6) is 0 Å². The van der Waals surface area contributed by atoms with Gasteiger partial charge < -0.3 is 31.2 Å². The molecule has 4 aromatic carbocycles. The van der Waals surface area contributed by atoms with Gasteiger partial charge in [-0.05, 0) is 28.6 Å². The smallest absolute Gasteiger partial charge is 0.109 e. The van der Waals surface area contributed by atoms with Gasteiger partial charge in [0.1, 0.15) is 0 Å². The molecular formula is C59H58Cl4Zr-2. The fourth-order valence-corrected chi connectivity index (χ4v) is 13.8. The molecule has 10 rings (SSSR count). The first kappa shape index (κ1) is 50.1. The zero-order valence-corrected chi connectivity index (χ0v) is 43.7. The Morgan fingerprint density at radius 3 is 1.38 bits per heavy atom. The van der Waals surface area contributed by atoms with Gasteiger partial charge in [-0.15, -0.1) is 23.8 Å². The summed E-state index contributed by atoms with van der Waals surface area (Å²) in [6.45, 7) is 20.3. The van der Waals surface area contributed by atoms with Crippen molar-refractivity contribution in [2.45, 2.75) is 61.8 Å². The molecular weight excluding hydrogens is 942 g/mol. The number of hydrogen-bond donors (Lipinski definition) is 0. The normalized spacial score (nSPS) is 32.8. The van der Waals surface area contributed by atoms with E-state index in [1.807, 2.05) is 36.4 Å². The molecule has 0 heterocycles. The standard InChI is InChI=1S/C29H37.C25H16Cl2.C5H5.2ClH.Zr/c1-21-14-13-15-22-20-27(6)25(4)18-10-9-16-23(25,2)24(3)17-11-12-19-26(24,5)29(27,8)28(21,22)7;26-24-13-9-22(10-14-24)20-5-1-18(2-6-20)17-19-3-7-21(8-4-19)23-11-15-25(27)16-12-23;1-2-4-5-3-1;;;/h9-20,22H,1-8H3;1-16H;1-3H,4H2;2*1H;/q-1;;-1;;;+2/p-2. The van der Waals surface area contributed by atoms with E-state index in [9.17, 15) is 0 Å². The van der Waals surface area contributed by atoms with Crippen molar-refractivity contribution in [1.29, 1.82) is 0 Å². The molecule has 0 spiro atoms. The van der Waals surface area contributed by atoms with Gasteiger partial charge in [0, 0.05) is 10.8 Å². The van der Waals surface area contributed by atoms with Crippen molar-refractivity contribution in [3.8, 4) is 22.3 Å². The molecule has 8 atom stereocenters. The van der Waals surface area contributed by atoms with E-state index in [0.29, 0.717) is 5.92 Å². The Balaban J connectivity index is 0.000000186. The predicted molar refractivity (Wildman–Crippen MR) is 263 cm³/mol. The third kappa shape index (κ3) is 7.48. The van der Waals surface area contributed by atoms with E-state index >= 15 is 0 Å². The molecule has 0 radical (unpaired) electrons. The van der Waals surface area contributed by atoms with Crippen molar-refractivity contribution in [1.82, 2.24) is 0 Å². The maximum absolute atomic E-state index is 5.98. The molecule has 0 nitrogen and oxygen atoms in total. The van der Waals surface area contributed by atoms with E-state index in [2.05, 4.69) is 214 Å². The molecule has 0 bridgehead atoms. The molecule has 8 unspecified atom stereocenters. The summed E-state index contributed by atoms with van der Waals surface area (Å²) in [5.41, 5.74) is 8.99. The minimum absolute atomic E-state index is 0. The summed E-state index contributed by atoms with van der Waals surface area (Å²) in [7, 11) is 0. The second-order valence-corrected chi connectivity index (χ2v) is 21.4. The van der Waals surface area contributed by atoms with Gasteiger partial charge in [0.05, 0.1) is 0 Å². The van der Waals surface area contributed by atoms with Gasteiger partial charge in [-0.3, -0.25) is 6.08 Å². The molecule has 6 aliphatic rings. The zero-order valence-electron chi connectivity index (χ0n) is 38.2. The van der Waals surface area contributed by atoms with Crippen LogP contribution in [0.25, 0.3) is 22.3 Å². The van der Waals surface area contributed by atoms with Crippen LogP contribution in [0.15, 0.2) is 188 Å². The monoisotopic (exact) mass is 996 g/mol. The first-order valence-corrected chi connectivity index (χ1v) is 24.0. The fourth-order valence-electron chi connectivity index (χ4n) is 12.7. The average molecular weight is 1000 g/mol. The van der Waals surface area contributed by atoms with Gasteiger partial charge in [0.25, 0.3) is 0 Å². The van der Waals surface area contributed by atoms with E-state index in [4.69, 9.17) is 23.2 Å².